The standard InChI is InChI=1S/C25H17F4NOS.C22H15F3N2OS2.C21H18F3NOS.C18H17F2N3OS.C16H19FN2OS2/c26-20-7-1-17(2-8-20)25(18-3-9-21(27)10-4-18,19-5-11-22(28)12-6-19)32(31)30-24-15-13-23(29)14-16-24;23-18-7-1-15(2-8-18)22(16-3-9-19(24)10-4-16,17-5-11-20(25)12-6-17)30(28)27-21-26-13-14-29-21;1-25(2)27(26)21(15-3-9-18(22)10-4-15,16-5-11-19(23)12-6-16)17-7-13-20(24)14-8-17;1-21-25(24)18(17-22-11-12-23(17)2,13-3-7-15(19)8-4-13)14-5-9-16(20)10-6-14;17-14-8-6-13(7-9-14)16(22(18)20,15-19-10-11-21-15)12-4-2-1-3-5-12/h1-16,30H;1-14H,(H,26,27);3-14H,1-2H3;3-12,21H,1-2H3;6-12H,1-5,18H2. The fraction of sp³-hybridized carbons (Fsp3) is 0.147. The molecular formula is C102H86F13N9O5S7. The highest BCUT2D eigenvalue weighted by molar-refractivity contribution is 7.88. The van der Waals surface area contributed by atoms with E-state index in [1.807, 2.05) is 5.38 Å². The normalized spacial score (nSPS) is 13.9. The molecule has 1 aliphatic rings. The molecule has 3 heterocycles. The Morgan fingerprint density at radius 1 is 0.331 bits per heavy atom. The van der Waals surface area contributed by atoms with Crippen molar-refractivity contribution in [3.8, 4) is 0 Å². The van der Waals surface area contributed by atoms with Gasteiger partial charge < -0.3 is 9.29 Å². The summed E-state index contributed by atoms with van der Waals surface area (Å²) in [5, 5.41) is 10.8. The van der Waals surface area contributed by atoms with Crippen molar-refractivity contribution in [3.05, 3.63) is 504 Å². The van der Waals surface area contributed by atoms with Crippen molar-refractivity contribution in [2.24, 2.45) is 18.1 Å². The lowest BCUT2D eigenvalue weighted by Crippen LogP contribution is -2.44. The van der Waals surface area contributed by atoms with Crippen LogP contribution in [-0.2, 0) is 85.7 Å². The zero-order valence-electron chi connectivity index (χ0n) is 72.7. The summed E-state index contributed by atoms with van der Waals surface area (Å²) >= 11 is 2.74. The van der Waals surface area contributed by atoms with Gasteiger partial charge in [0.15, 0.2) is 9.88 Å². The number of imidazole rings is 1. The molecule has 14 nitrogen and oxygen atoms in total. The lowest BCUT2D eigenvalue weighted by atomic mass is 9.76. The second kappa shape index (κ2) is 45.5. The number of nitrogens with two attached hydrogens (primary N) is 1. The van der Waals surface area contributed by atoms with Gasteiger partial charge in [-0.2, -0.15) is 0 Å². The molecule has 16 aromatic rings. The molecule has 0 saturated heterocycles. The van der Waals surface area contributed by atoms with Crippen LogP contribution in [0.3, 0.4) is 0 Å². The molecule has 1 saturated carbocycles. The SMILES string of the molecule is CN(C)S(=O)C(c1ccc(F)cc1)(c1ccc(F)cc1)c1ccc(F)cc1.CNS(=O)C(c1ccc(F)cc1)(c1ccc(F)cc1)c1nccn1C.NS(=O)C(c1ccc(F)cc1)(c1nccs1)C1CCCCC1.O=S(Nc1ccc(F)cc1)C(c1ccc(F)cc1)(c1ccc(F)cc1)c1ccc(F)cc1.O=S(Nc1nccs1)C(c1ccc(F)cc1)(c1ccc(F)cc1)c1ccc(F)cc1. The Morgan fingerprint density at radius 3 is 0.846 bits per heavy atom. The van der Waals surface area contributed by atoms with Gasteiger partial charge in [-0.25, -0.2) is 102 Å². The number of thiazole rings is 2. The number of halogens is 13. The van der Waals surface area contributed by atoms with E-state index in [9.17, 15) is 78.1 Å². The van der Waals surface area contributed by atoms with E-state index < -0.39 is 148 Å². The summed E-state index contributed by atoms with van der Waals surface area (Å²) in [5.41, 5.74) is 6.78. The van der Waals surface area contributed by atoms with Crippen LogP contribution in [0, 0.1) is 81.5 Å². The van der Waals surface area contributed by atoms with Crippen LogP contribution < -0.4 is 19.3 Å². The molecule has 0 aliphatic heterocycles. The lowest BCUT2D eigenvalue weighted by Gasteiger charge is -2.39. The van der Waals surface area contributed by atoms with Gasteiger partial charge in [-0.15, -0.1) is 22.7 Å². The molecule has 1 aliphatic carbocycles. The average molecular weight is 1990 g/mol. The quantitative estimate of drug-likeness (QED) is 0.0304. The first-order valence-electron chi connectivity index (χ1n) is 41.8. The first-order chi connectivity index (χ1) is 65.4. The van der Waals surface area contributed by atoms with Crippen molar-refractivity contribution < 1.29 is 78.1 Å². The highest BCUT2D eigenvalue weighted by Crippen LogP contribution is 2.51. The maximum atomic E-state index is 14.0. The molecule has 0 bridgehead atoms. The molecule has 34 heteroatoms. The molecule has 0 radical (unpaired) electrons. The second-order valence-electron chi connectivity index (χ2n) is 31.0. The van der Waals surface area contributed by atoms with E-state index in [1.54, 1.807) is 136 Å². The van der Waals surface area contributed by atoms with Crippen LogP contribution >= 0.6 is 22.7 Å². The average Bonchev–Trinajstić information content (AvgIpc) is 1.45. The molecule has 6 unspecified atom stereocenters. The number of nitrogens with zero attached hydrogens (tertiary/aromatic N) is 5. The van der Waals surface area contributed by atoms with Gasteiger partial charge in [0.05, 0.1) is 0 Å². The van der Waals surface area contributed by atoms with Gasteiger partial charge in [0, 0.05) is 48.3 Å². The van der Waals surface area contributed by atoms with Crippen LogP contribution in [0.2, 0.25) is 0 Å². The topological polar surface area (TPSA) is 194 Å². The van der Waals surface area contributed by atoms with E-state index >= 15 is 0 Å². The number of hydrogen-bond donors (Lipinski definition) is 4. The second-order valence-corrected chi connectivity index (χ2v) is 40.1. The van der Waals surface area contributed by atoms with Crippen molar-refractivity contribution in [2.75, 3.05) is 30.6 Å². The van der Waals surface area contributed by atoms with Crippen molar-refractivity contribution in [3.63, 3.8) is 0 Å². The van der Waals surface area contributed by atoms with Crippen molar-refractivity contribution >= 4 is 88.4 Å². The van der Waals surface area contributed by atoms with Gasteiger partial charge in [-0.05, 0) is 277 Å². The van der Waals surface area contributed by atoms with Crippen LogP contribution in [0.15, 0.2) is 351 Å². The highest BCUT2D eigenvalue weighted by Gasteiger charge is 2.51. The number of hydrogen-bond acceptors (Lipinski definition) is 10. The molecule has 0 spiro atoms. The molecular weight excluding hydrogens is 1900 g/mol. The Morgan fingerprint density at radius 2 is 0.596 bits per heavy atom. The minimum Gasteiger partial charge on any atom is -0.336 e. The van der Waals surface area contributed by atoms with Gasteiger partial charge in [0.1, 0.15) is 160 Å². The van der Waals surface area contributed by atoms with Crippen molar-refractivity contribution in [1.82, 2.24) is 28.5 Å². The predicted octanol–water partition coefficient (Wildman–Crippen LogP) is 23.2. The van der Waals surface area contributed by atoms with Crippen LogP contribution in [0.25, 0.3) is 0 Å². The van der Waals surface area contributed by atoms with E-state index in [2.05, 4.69) is 29.1 Å². The molecule has 702 valence electrons. The summed E-state index contributed by atoms with van der Waals surface area (Å²) in [7, 11) is -2.16. The Kier molecular flexibility index (Phi) is 33.8. The first-order valence-corrected chi connectivity index (χ1v) is 49.3. The van der Waals surface area contributed by atoms with Gasteiger partial charge in [-0.1, -0.05) is 165 Å². The van der Waals surface area contributed by atoms with Gasteiger partial charge >= 0.3 is 0 Å². The summed E-state index contributed by atoms with van der Waals surface area (Å²) in [5.74, 6) is -5.00. The predicted molar refractivity (Wildman–Crippen MR) is 512 cm³/mol. The van der Waals surface area contributed by atoms with Gasteiger partial charge in [0.25, 0.3) is 0 Å². The Hall–Kier alpha value is -12.4. The minimum absolute atomic E-state index is 0.170. The fourth-order valence-electron chi connectivity index (χ4n) is 16.5. The number of rotatable bonds is 26. The van der Waals surface area contributed by atoms with Gasteiger partial charge in [-0.3, -0.25) is 9.86 Å². The van der Waals surface area contributed by atoms with Crippen LogP contribution in [0.4, 0.5) is 67.9 Å². The van der Waals surface area contributed by atoms with Crippen LogP contribution in [0.1, 0.15) is 110 Å². The third-order valence-corrected chi connectivity index (χ3v) is 32.7. The summed E-state index contributed by atoms with van der Waals surface area (Å²) in [4.78, 5) is 13.0. The van der Waals surface area contributed by atoms with Crippen LogP contribution in [-0.4, -0.2) is 66.0 Å². The summed E-state index contributed by atoms with van der Waals surface area (Å²) < 4.78 is 250. The molecule has 1 fully saturated rings. The molecule has 3 aromatic heterocycles. The van der Waals surface area contributed by atoms with Crippen LogP contribution in [0.5, 0.6) is 0 Å². The molecule has 13 aromatic carbocycles. The van der Waals surface area contributed by atoms with E-state index in [-0.39, 0.29) is 11.7 Å². The van der Waals surface area contributed by atoms with Gasteiger partial charge in [0.2, 0.25) is 0 Å². The van der Waals surface area contributed by atoms with E-state index in [4.69, 9.17) is 5.14 Å². The molecule has 5 N–H and O–H groups in total. The largest absolute Gasteiger partial charge is 0.336 e. The number of nitrogens with one attached hydrogen (secondary N) is 3. The number of aryl methyl sites for hydroxylation is 1. The fourth-order valence-corrected chi connectivity index (χ4v) is 25.5. The first kappa shape index (κ1) is 101. The van der Waals surface area contributed by atoms with Crippen molar-refractivity contribution in [1.29, 1.82) is 0 Å². The molecule has 17 rings (SSSR count). The summed E-state index contributed by atoms with van der Waals surface area (Å²) in [6.45, 7) is 0. The van der Waals surface area contributed by atoms with E-state index in [1.165, 1.54) is 276 Å². The Balaban J connectivity index is 0.000000145. The zero-order chi connectivity index (χ0) is 97.1. The summed E-state index contributed by atoms with van der Waals surface area (Å²) in [6.07, 6.45) is 12.0. The monoisotopic (exact) mass is 1990 g/mol. The molecule has 0 amide bonds. The summed E-state index contributed by atoms with van der Waals surface area (Å²) in [6, 6.07) is 72.9. The highest BCUT2D eigenvalue weighted by atomic mass is 32.2. The molecule has 6 atom stereocenters. The smallest absolute Gasteiger partial charge is 0.194 e. The van der Waals surface area contributed by atoms with E-state index in [0.717, 1.165) is 36.3 Å². The Labute approximate surface area is 798 Å². The van der Waals surface area contributed by atoms with E-state index in [0.29, 0.717) is 77.8 Å². The third kappa shape index (κ3) is 22.0. The number of anilines is 2. The molecule has 136 heavy (non-hydrogen) atoms. The third-order valence-electron chi connectivity index (χ3n) is 22.7. The maximum Gasteiger partial charge on any atom is 0.194 e. The number of benzene rings is 13. The lowest BCUT2D eigenvalue weighted by molar-refractivity contribution is 0.301. The van der Waals surface area contributed by atoms with Crippen molar-refractivity contribution in [2.45, 2.75) is 55.8 Å². The number of aromatic nitrogens is 4. The minimum atomic E-state index is -1.99. The maximum absolute atomic E-state index is 14.0. The Bertz CT molecular complexity index is 6340. The zero-order valence-corrected chi connectivity index (χ0v) is 78.4.